The largest absolute Gasteiger partial charge is 0.497 e. The molecule has 0 aliphatic heterocycles. The molecule has 19 heavy (non-hydrogen) atoms. The van der Waals surface area contributed by atoms with Crippen molar-refractivity contribution in [1.82, 2.24) is 5.32 Å². The fraction of sp³-hybridized carbons (Fsp3) is 0.533. The lowest BCUT2D eigenvalue weighted by Gasteiger charge is -2.39. The number of rotatable bonds is 6. The fourth-order valence-electron chi connectivity index (χ4n) is 2.46. The van der Waals surface area contributed by atoms with Crippen LogP contribution in [0.15, 0.2) is 24.3 Å². The van der Waals surface area contributed by atoms with Gasteiger partial charge >= 0.3 is 0 Å². The van der Waals surface area contributed by atoms with E-state index in [9.17, 15) is 4.79 Å². The predicted octanol–water partition coefficient (Wildman–Crippen LogP) is 1.48. The molecule has 0 saturated heterocycles. The Kier molecular flexibility index (Phi) is 4.43. The molecule has 0 atom stereocenters. The Hall–Kier alpha value is -1.55. The monoisotopic (exact) mass is 262 g/mol. The van der Waals surface area contributed by atoms with Crippen molar-refractivity contribution in [3.05, 3.63) is 29.8 Å². The van der Waals surface area contributed by atoms with Gasteiger partial charge in [-0.25, -0.2) is 0 Å². The lowest BCUT2D eigenvalue weighted by Crippen LogP contribution is -2.50. The third kappa shape index (κ3) is 3.07. The smallest absolute Gasteiger partial charge is 0.227 e. The van der Waals surface area contributed by atoms with E-state index in [1.54, 1.807) is 7.11 Å². The summed E-state index contributed by atoms with van der Waals surface area (Å²) < 4.78 is 5.18. The maximum atomic E-state index is 12.1. The highest BCUT2D eigenvalue weighted by atomic mass is 16.5. The molecule has 0 unspecified atom stereocenters. The molecule has 1 aromatic carbocycles. The molecule has 1 fully saturated rings. The van der Waals surface area contributed by atoms with Gasteiger partial charge in [0.15, 0.2) is 0 Å². The molecule has 0 bridgehead atoms. The van der Waals surface area contributed by atoms with Crippen LogP contribution >= 0.6 is 0 Å². The molecule has 4 heteroatoms. The number of hydrogen-bond acceptors (Lipinski definition) is 3. The first kappa shape index (κ1) is 13.9. The third-order valence-electron chi connectivity index (χ3n) is 4.02. The van der Waals surface area contributed by atoms with E-state index >= 15 is 0 Å². The van der Waals surface area contributed by atoms with Crippen molar-refractivity contribution in [2.24, 2.45) is 11.1 Å². The van der Waals surface area contributed by atoms with E-state index in [0.29, 0.717) is 13.1 Å². The first-order valence-corrected chi connectivity index (χ1v) is 6.81. The zero-order valence-electron chi connectivity index (χ0n) is 11.4. The molecular formula is C15H22N2O2. The van der Waals surface area contributed by atoms with Crippen LogP contribution in [0.25, 0.3) is 0 Å². The summed E-state index contributed by atoms with van der Waals surface area (Å²) in [5.41, 5.74) is 6.59. The van der Waals surface area contributed by atoms with Crippen molar-refractivity contribution < 1.29 is 9.53 Å². The van der Waals surface area contributed by atoms with Gasteiger partial charge in [-0.2, -0.15) is 0 Å². The van der Waals surface area contributed by atoms with E-state index < -0.39 is 0 Å². The van der Waals surface area contributed by atoms with E-state index in [4.69, 9.17) is 10.5 Å². The van der Waals surface area contributed by atoms with E-state index in [1.807, 2.05) is 24.3 Å². The molecule has 4 nitrogen and oxygen atoms in total. The van der Waals surface area contributed by atoms with Gasteiger partial charge in [0.1, 0.15) is 5.75 Å². The summed E-state index contributed by atoms with van der Waals surface area (Å²) in [6, 6.07) is 7.91. The number of hydrogen-bond donors (Lipinski definition) is 2. The highest BCUT2D eigenvalue weighted by molar-refractivity contribution is 5.83. The summed E-state index contributed by atoms with van der Waals surface area (Å²) in [6.45, 7) is 1.10. The van der Waals surface area contributed by atoms with Crippen LogP contribution in [0.5, 0.6) is 5.75 Å². The van der Waals surface area contributed by atoms with Crippen LogP contribution in [0.2, 0.25) is 0 Å². The van der Waals surface area contributed by atoms with Gasteiger partial charge in [0, 0.05) is 13.1 Å². The SMILES string of the molecule is COc1cccc(CCNC(=O)C2(CN)CCC2)c1. The summed E-state index contributed by atoms with van der Waals surface area (Å²) in [4.78, 5) is 12.1. The Balaban J connectivity index is 1.81. The molecule has 2 rings (SSSR count). The normalized spacial score (nSPS) is 16.5. The van der Waals surface area contributed by atoms with Crippen molar-refractivity contribution in [1.29, 1.82) is 0 Å². The number of carbonyl (C=O) groups excluding carboxylic acids is 1. The molecule has 1 saturated carbocycles. The summed E-state index contributed by atoms with van der Waals surface area (Å²) in [7, 11) is 1.66. The zero-order chi connectivity index (χ0) is 13.7. The average molecular weight is 262 g/mol. The summed E-state index contributed by atoms with van der Waals surface area (Å²) in [5, 5.41) is 3.00. The maximum Gasteiger partial charge on any atom is 0.227 e. The Bertz CT molecular complexity index is 436. The van der Waals surface area contributed by atoms with E-state index in [2.05, 4.69) is 5.32 Å². The second kappa shape index (κ2) is 6.06. The third-order valence-corrected chi connectivity index (χ3v) is 4.02. The van der Waals surface area contributed by atoms with Crippen molar-refractivity contribution in [2.45, 2.75) is 25.7 Å². The summed E-state index contributed by atoms with van der Waals surface area (Å²) in [6.07, 6.45) is 3.77. The molecule has 3 N–H and O–H groups in total. The summed E-state index contributed by atoms with van der Waals surface area (Å²) in [5.74, 6) is 0.963. The molecule has 0 spiro atoms. The number of methoxy groups -OCH3 is 1. The van der Waals surface area contributed by atoms with Crippen LogP contribution in [0.1, 0.15) is 24.8 Å². The van der Waals surface area contributed by atoms with Crippen LogP contribution in [0.3, 0.4) is 0 Å². The van der Waals surface area contributed by atoms with Gasteiger partial charge in [0.2, 0.25) is 5.91 Å². The molecular weight excluding hydrogens is 240 g/mol. The number of amides is 1. The van der Waals surface area contributed by atoms with Crippen LogP contribution < -0.4 is 15.8 Å². The van der Waals surface area contributed by atoms with Gasteiger partial charge in [-0.15, -0.1) is 0 Å². The molecule has 104 valence electrons. The van der Waals surface area contributed by atoms with Gasteiger partial charge in [0.05, 0.1) is 12.5 Å². The minimum absolute atomic E-state index is 0.115. The number of ether oxygens (including phenoxy) is 1. The molecule has 0 radical (unpaired) electrons. The first-order chi connectivity index (χ1) is 9.20. The maximum absolute atomic E-state index is 12.1. The molecule has 1 aliphatic rings. The highest BCUT2D eigenvalue weighted by Gasteiger charge is 2.42. The van der Waals surface area contributed by atoms with Crippen LogP contribution in [0.4, 0.5) is 0 Å². The van der Waals surface area contributed by atoms with Gasteiger partial charge < -0.3 is 15.8 Å². The Morgan fingerprint density at radius 3 is 2.84 bits per heavy atom. The van der Waals surface area contributed by atoms with Crippen molar-refractivity contribution in [3.63, 3.8) is 0 Å². The second-order valence-corrected chi connectivity index (χ2v) is 5.20. The first-order valence-electron chi connectivity index (χ1n) is 6.81. The second-order valence-electron chi connectivity index (χ2n) is 5.20. The quantitative estimate of drug-likeness (QED) is 0.816. The number of benzene rings is 1. The summed E-state index contributed by atoms with van der Waals surface area (Å²) >= 11 is 0. The number of carbonyl (C=O) groups is 1. The molecule has 1 amide bonds. The fourth-order valence-corrected chi connectivity index (χ4v) is 2.46. The molecule has 0 aromatic heterocycles. The number of nitrogens with one attached hydrogen (secondary N) is 1. The Morgan fingerprint density at radius 2 is 2.26 bits per heavy atom. The van der Waals surface area contributed by atoms with Crippen LogP contribution in [0, 0.1) is 5.41 Å². The van der Waals surface area contributed by atoms with Gasteiger partial charge in [0.25, 0.3) is 0 Å². The van der Waals surface area contributed by atoms with Crippen molar-refractivity contribution in [3.8, 4) is 5.75 Å². The van der Waals surface area contributed by atoms with Crippen molar-refractivity contribution in [2.75, 3.05) is 20.2 Å². The number of nitrogens with two attached hydrogens (primary N) is 1. The molecule has 0 heterocycles. The van der Waals surface area contributed by atoms with E-state index in [0.717, 1.165) is 37.0 Å². The van der Waals surface area contributed by atoms with Gasteiger partial charge in [-0.05, 0) is 37.0 Å². The van der Waals surface area contributed by atoms with Crippen LogP contribution in [-0.2, 0) is 11.2 Å². The lowest BCUT2D eigenvalue weighted by molar-refractivity contribution is -0.135. The standard InChI is InChI=1S/C15H22N2O2/c1-19-13-5-2-4-12(10-13)6-9-17-14(18)15(11-16)7-3-8-15/h2,4-5,10H,3,6-9,11,16H2,1H3,(H,17,18). The topological polar surface area (TPSA) is 64.3 Å². The minimum atomic E-state index is -0.283. The predicted molar refractivity (Wildman–Crippen MR) is 75.0 cm³/mol. The highest BCUT2D eigenvalue weighted by Crippen LogP contribution is 2.39. The van der Waals surface area contributed by atoms with Crippen LogP contribution in [-0.4, -0.2) is 26.1 Å². The lowest BCUT2D eigenvalue weighted by atomic mass is 9.68. The minimum Gasteiger partial charge on any atom is -0.497 e. The van der Waals surface area contributed by atoms with Crippen molar-refractivity contribution >= 4 is 5.91 Å². The molecule has 1 aromatic rings. The van der Waals surface area contributed by atoms with E-state index in [-0.39, 0.29) is 11.3 Å². The van der Waals surface area contributed by atoms with E-state index in [1.165, 1.54) is 0 Å². The average Bonchev–Trinajstić information content (AvgIpc) is 2.38. The van der Waals surface area contributed by atoms with Gasteiger partial charge in [-0.3, -0.25) is 4.79 Å². The zero-order valence-corrected chi connectivity index (χ0v) is 11.4. The van der Waals surface area contributed by atoms with Gasteiger partial charge in [-0.1, -0.05) is 18.6 Å². The Morgan fingerprint density at radius 1 is 1.47 bits per heavy atom. The molecule has 1 aliphatic carbocycles. The Labute approximate surface area is 114 Å².